The Morgan fingerprint density at radius 2 is 2.07 bits per heavy atom. The zero-order chi connectivity index (χ0) is 10.2. The van der Waals surface area contributed by atoms with Crippen LogP contribution in [0.4, 0.5) is 0 Å². The van der Waals surface area contributed by atoms with Crippen molar-refractivity contribution < 1.29 is 28.5 Å². The van der Waals surface area contributed by atoms with Crippen molar-refractivity contribution >= 4 is 11.0 Å². The topological polar surface area (TPSA) is 28.7 Å². The Morgan fingerprint density at radius 1 is 1.33 bits per heavy atom. The molecule has 0 aliphatic carbocycles. The predicted molar refractivity (Wildman–Crippen MR) is 57.8 cm³/mol. The smallest absolute Gasteiger partial charge is 0.137 e. The molecule has 0 saturated heterocycles. The zero-order valence-corrected chi connectivity index (χ0v) is 11.4. The second-order valence-electron chi connectivity index (χ2n) is 4.66. The van der Waals surface area contributed by atoms with Crippen LogP contribution in [-0.2, 0) is 6.54 Å². The number of rotatable bonds is 2. The monoisotopic (exact) mass is 317 g/mol. The molecule has 3 nitrogen and oxygen atoms in total. The van der Waals surface area contributed by atoms with Crippen molar-refractivity contribution in [2.24, 2.45) is 0 Å². The summed E-state index contributed by atoms with van der Waals surface area (Å²) in [4.78, 5) is 7.46. The average molecular weight is 317 g/mol. The first-order chi connectivity index (χ1) is 6.56. The third kappa shape index (κ3) is 2.92. The van der Waals surface area contributed by atoms with Gasteiger partial charge in [0.25, 0.3) is 0 Å². The van der Waals surface area contributed by atoms with E-state index in [0.29, 0.717) is 0 Å². The van der Waals surface area contributed by atoms with Crippen molar-refractivity contribution in [3.8, 4) is 0 Å². The van der Waals surface area contributed by atoms with Crippen molar-refractivity contribution in [1.82, 2.24) is 9.97 Å². The van der Waals surface area contributed by atoms with Crippen LogP contribution >= 0.6 is 0 Å². The van der Waals surface area contributed by atoms with Crippen LogP contribution in [0.1, 0.15) is 5.56 Å². The van der Waals surface area contributed by atoms with Crippen LogP contribution in [-0.4, -0.2) is 35.6 Å². The summed E-state index contributed by atoms with van der Waals surface area (Å²) in [5, 5.41) is 1.24. The summed E-state index contributed by atoms with van der Waals surface area (Å²) in [6.07, 6.45) is 3.87. The number of nitrogens with zero attached hydrogens (tertiary/aromatic N) is 2. The first kappa shape index (κ1) is 12.4. The van der Waals surface area contributed by atoms with Gasteiger partial charge in [0.15, 0.2) is 0 Å². The van der Waals surface area contributed by atoms with Crippen molar-refractivity contribution in [3.05, 3.63) is 30.1 Å². The fraction of sp³-hybridized carbons (Fsp3) is 0.364. The Balaban J connectivity index is 0.00000112. The zero-order valence-electron chi connectivity index (χ0n) is 9.29. The summed E-state index contributed by atoms with van der Waals surface area (Å²) in [5.74, 6) is 0. The van der Waals surface area contributed by atoms with Crippen LogP contribution in [0.2, 0.25) is 0 Å². The Hall–Kier alpha value is -0.620. The van der Waals surface area contributed by atoms with Crippen molar-refractivity contribution in [2.45, 2.75) is 6.54 Å². The number of nitrogens with one attached hydrogen (secondary N) is 1. The van der Waals surface area contributed by atoms with E-state index in [9.17, 15) is 0 Å². The first-order valence-corrected chi connectivity index (χ1v) is 4.78. The highest BCUT2D eigenvalue weighted by Crippen LogP contribution is 2.18. The molecule has 2 aromatic heterocycles. The molecule has 0 fully saturated rings. The highest BCUT2D eigenvalue weighted by molar-refractivity contribution is 5.79. The maximum absolute atomic E-state index is 4.27. The number of hydrogen-bond donors (Lipinski definition) is 1. The summed E-state index contributed by atoms with van der Waals surface area (Å²) in [6.45, 7) is 1.02. The van der Waals surface area contributed by atoms with E-state index in [1.807, 2.05) is 12.3 Å². The number of aromatic nitrogens is 2. The summed E-state index contributed by atoms with van der Waals surface area (Å²) in [6, 6.07) is 4.10. The molecule has 0 aliphatic heterocycles. The van der Waals surface area contributed by atoms with Gasteiger partial charge >= 0.3 is 0 Å². The van der Waals surface area contributed by atoms with Gasteiger partial charge in [0.2, 0.25) is 0 Å². The van der Waals surface area contributed by atoms with Gasteiger partial charge in [0.1, 0.15) is 12.2 Å². The minimum absolute atomic E-state index is 0. The summed E-state index contributed by atoms with van der Waals surface area (Å²) in [5.41, 5.74) is 2.32. The predicted octanol–water partition coefficient (Wildman–Crippen LogP) is -1.23. The fourth-order valence-electron chi connectivity index (χ4n) is 1.65. The molecule has 0 atom stereocenters. The molecule has 2 heterocycles. The number of fused-ring (bicyclic) bond motifs is 1. The molecule has 0 bridgehead atoms. The molecule has 2 rings (SSSR count). The molecular weight excluding hydrogens is 301 g/mol. The highest BCUT2D eigenvalue weighted by atomic mass is 127. The SMILES string of the molecule is C[N+](C)(C)Cc1c[nH]c2ncccc12.[I-]. The van der Waals surface area contributed by atoms with E-state index in [1.54, 1.807) is 0 Å². The van der Waals surface area contributed by atoms with E-state index in [0.717, 1.165) is 16.7 Å². The molecule has 82 valence electrons. The Labute approximate surface area is 107 Å². The van der Waals surface area contributed by atoms with E-state index in [-0.39, 0.29) is 24.0 Å². The van der Waals surface area contributed by atoms with Gasteiger partial charge in [0, 0.05) is 23.3 Å². The summed E-state index contributed by atoms with van der Waals surface area (Å²) < 4.78 is 0.932. The maximum atomic E-state index is 4.27. The Kier molecular flexibility index (Phi) is 3.72. The van der Waals surface area contributed by atoms with Gasteiger partial charge in [-0.25, -0.2) is 4.98 Å². The number of halogens is 1. The molecular formula is C11H16IN3. The minimum Gasteiger partial charge on any atom is -1.00 e. The molecule has 4 heteroatoms. The molecule has 0 spiro atoms. The summed E-state index contributed by atoms with van der Waals surface area (Å²) >= 11 is 0. The van der Waals surface area contributed by atoms with Crippen molar-refractivity contribution in [1.29, 1.82) is 0 Å². The van der Waals surface area contributed by atoms with Gasteiger partial charge in [-0.1, -0.05) is 0 Å². The molecule has 0 saturated carbocycles. The lowest BCUT2D eigenvalue weighted by Crippen LogP contribution is -3.00. The van der Waals surface area contributed by atoms with Crippen LogP contribution in [0, 0.1) is 0 Å². The van der Waals surface area contributed by atoms with E-state index >= 15 is 0 Å². The largest absolute Gasteiger partial charge is 1.00 e. The standard InChI is InChI=1S/C11H16N3.HI/c1-14(2,3)8-9-7-13-11-10(9)5-4-6-12-11;/h4-7H,8H2,1-3H3,(H,12,13);1H/q+1;/p-1. The number of pyridine rings is 1. The van der Waals surface area contributed by atoms with E-state index in [1.165, 1.54) is 10.9 Å². The third-order valence-electron chi connectivity index (χ3n) is 2.18. The first-order valence-electron chi connectivity index (χ1n) is 4.78. The Morgan fingerprint density at radius 3 is 2.73 bits per heavy atom. The third-order valence-corrected chi connectivity index (χ3v) is 2.18. The second-order valence-corrected chi connectivity index (χ2v) is 4.66. The molecule has 0 aromatic carbocycles. The van der Waals surface area contributed by atoms with Crippen molar-refractivity contribution in [3.63, 3.8) is 0 Å². The van der Waals surface area contributed by atoms with Gasteiger partial charge < -0.3 is 33.4 Å². The van der Waals surface area contributed by atoms with Crippen LogP contribution in [0.5, 0.6) is 0 Å². The number of H-pyrrole nitrogens is 1. The number of quaternary nitrogens is 1. The van der Waals surface area contributed by atoms with Crippen LogP contribution < -0.4 is 24.0 Å². The molecule has 0 unspecified atom stereocenters. The van der Waals surface area contributed by atoms with Crippen LogP contribution in [0.3, 0.4) is 0 Å². The molecule has 0 amide bonds. The minimum atomic E-state index is 0. The lowest BCUT2D eigenvalue weighted by atomic mass is 10.2. The molecule has 15 heavy (non-hydrogen) atoms. The van der Waals surface area contributed by atoms with Crippen molar-refractivity contribution in [2.75, 3.05) is 21.1 Å². The number of aromatic amines is 1. The molecule has 2 aromatic rings. The maximum Gasteiger partial charge on any atom is 0.137 e. The average Bonchev–Trinajstić information content (AvgIpc) is 2.47. The van der Waals surface area contributed by atoms with E-state index in [4.69, 9.17) is 0 Å². The normalized spacial score (nSPS) is 11.4. The van der Waals surface area contributed by atoms with Gasteiger partial charge in [-0.3, -0.25) is 0 Å². The Bertz CT molecular complexity index is 442. The van der Waals surface area contributed by atoms with Gasteiger partial charge in [-0.15, -0.1) is 0 Å². The van der Waals surface area contributed by atoms with Gasteiger partial charge in [-0.2, -0.15) is 0 Å². The highest BCUT2D eigenvalue weighted by Gasteiger charge is 2.12. The fourth-order valence-corrected chi connectivity index (χ4v) is 1.65. The summed E-state index contributed by atoms with van der Waals surface area (Å²) in [7, 11) is 6.57. The van der Waals surface area contributed by atoms with Gasteiger partial charge in [-0.05, 0) is 12.1 Å². The lowest BCUT2D eigenvalue weighted by molar-refractivity contribution is -0.883. The number of hydrogen-bond acceptors (Lipinski definition) is 1. The molecule has 0 aliphatic rings. The molecule has 0 radical (unpaired) electrons. The second kappa shape index (κ2) is 4.49. The van der Waals surface area contributed by atoms with Gasteiger partial charge in [0.05, 0.1) is 21.1 Å². The van der Waals surface area contributed by atoms with E-state index < -0.39 is 0 Å². The molecule has 1 N–H and O–H groups in total. The van der Waals surface area contributed by atoms with E-state index in [2.05, 4.69) is 43.4 Å². The lowest BCUT2D eigenvalue weighted by Gasteiger charge is -2.23. The van der Waals surface area contributed by atoms with Crippen LogP contribution in [0.25, 0.3) is 11.0 Å². The van der Waals surface area contributed by atoms with Crippen LogP contribution in [0.15, 0.2) is 24.5 Å². The quantitative estimate of drug-likeness (QED) is 0.546.